The third-order valence-electron chi connectivity index (χ3n) is 7.01. The Labute approximate surface area is 188 Å². The molecule has 2 aromatic carbocycles. The zero-order chi connectivity index (χ0) is 23.3. The summed E-state index contributed by atoms with van der Waals surface area (Å²) in [6.45, 7) is 2.15. The second kappa shape index (κ2) is 7.93. The van der Waals surface area contributed by atoms with Crippen molar-refractivity contribution in [3.63, 3.8) is 0 Å². The molecule has 8 heteroatoms. The molecule has 1 aliphatic heterocycles. The normalized spacial score (nSPS) is 24.9. The van der Waals surface area contributed by atoms with Crippen LogP contribution in [0.3, 0.4) is 0 Å². The number of hydrogen-bond donors (Lipinski definition) is 3. The molecular formula is C25H24F3N3O2. The highest BCUT2D eigenvalue weighted by Crippen LogP contribution is 2.46. The van der Waals surface area contributed by atoms with Crippen molar-refractivity contribution in [3.8, 4) is 11.3 Å². The molecule has 3 N–H and O–H groups in total. The molecule has 5 nitrogen and oxygen atoms in total. The molecule has 2 heterocycles. The van der Waals surface area contributed by atoms with E-state index in [0.29, 0.717) is 48.9 Å². The quantitative estimate of drug-likeness (QED) is 0.541. The van der Waals surface area contributed by atoms with Crippen molar-refractivity contribution in [2.45, 2.75) is 44.6 Å². The number of piperidine rings is 1. The van der Waals surface area contributed by atoms with Gasteiger partial charge in [-0.15, -0.1) is 0 Å². The first-order valence-electron chi connectivity index (χ1n) is 11.1. The molecule has 172 valence electrons. The lowest BCUT2D eigenvalue weighted by molar-refractivity contribution is -0.135. The number of H-pyrrole nitrogens is 1. The van der Waals surface area contributed by atoms with E-state index in [1.54, 1.807) is 12.1 Å². The van der Waals surface area contributed by atoms with Gasteiger partial charge in [-0.3, -0.25) is 9.59 Å². The third kappa shape index (κ3) is 3.87. The van der Waals surface area contributed by atoms with Gasteiger partial charge in [-0.25, -0.2) is 13.2 Å². The Morgan fingerprint density at radius 1 is 1.09 bits per heavy atom. The SMILES string of the molecule is CC1(C(=O)N[C@H]2C[C@@H](c3c(-c4ccc(F)cc4)[nH]c4c(F)cc(F)cc43)C2)CCC(=O)NC1. The lowest BCUT2D eigenvalue weighted by atomic mass is 9.73. The van der Waals surface area contributed by atoms with E-state index in [0.717, 1.165) is 11.6 Å². The van der Waals surface area contributed by atoms with Gasteiger partial charge in [-0.05, 0) is 73.6 Å². The van der Waals surface area contributed by atoms with Gasteiger partial charge in [0, 0.05) is 30.5 Å². The number of fused-ring (bicyclic) bond motifs is 1. The molecule has 33 heavy (non-hydrogen) atoms. The molecular weight excluding hydrogens is 431 g/mol. The van der Waals surface area contributed by atoms with Crippen LogP contribution >= 0.6 is 0 Å². The van der Waals surface area contributed by atoms with Crippen LogP contribution in [-0.2, 0) is 9.59 Å². The number of halogens is 3. The fraction of sp³-hybridized carbons (Fsp3) is 0.360. The van der Waals surface area contributed by atoms with E-state index in [9.17, 15) is 22.8 Å². The van der Waals surface area contributed by atoms with Gasteiger partial charge in [0.15, 0.2) is 0 Å². The Balaban J connectivity index is 1.40. The highest BCUT2D eigenvalue weighted by Gasteiger charge is 2.41. The summed E-state index contributed by atoms with van der Waals surface area (Å²) in [5, 5.41) is 6.29. The van der Waals surface area contributed by atoms with Crippen molar-refractivity contribution in [1.82, 2.24) is 15.6 Å². The first-order chi connectivity index (χ1) is 15.7. The summed E-state index contributed by atoms with van der Waals surface area (Å²) in [6.07, 6.45) is 2.06. The van der Waals surface area contributed by atoms with Crippen molar-refractivity contribution < 1.29 is 22.8 Å². The molecule has 1 unspecified atom stereocenters. The second-order valence-electron chi connectivity index (χ2n) is 9.41. The van der Waals surface area contributed by atoms with Crippen molar-refractivity contribution in [1.29, 1.82) is 0 Å². The molecule has 1 saturated carbocycles. The molecule has 2 fully saturated rings. The molecule has 2 amide bonds. The van der Waals surface area contributed by atoms with Crippen LogP contribution in [0.2, 0.25) is 0 Å². The number of carbonyl (C=O) groups excluding carboxylic acids is 2. The molecule has 3 aromatic rings. The highest BCUT2D eigenvalue weighted by atomic mass is 19.1. The van der Waals surface area contributed by atoms with Crippen LogP contribution in [0, 0.1) is 22.9 Å². The number of aromatic nitrogens is 1. The van der Waals surface area contributed by atoms with Crippen LogP contribution in [0.25, 0.3) is 22.2 Å². The van der Waals surface area contributed by atoms with E-state index in [-0.39, 0.29) is 35.1 Å². The standard InChI is InChI=1S/C25H24F3N3O2/c1-25(7-6-20(32)29-12-25)24(33)30-17-8-14(9-17)21-18-10-16(27)11-19(28)23(18)31-22(21)13-2-4-15(26)5-3-13/h2-5,10-11,14,17,31H,6-9,12H2,1H3,(H,29,32)(H,30,33)/t14-,17+,25?. The Morgan fingerprint density at radius 2 is 1.82 bits per heavy atom. The van der Waals surface area contributed by atoms with E-state index in [1.165, 1.54) is 18.2 Å². The lowest BCUT2D eigenvalue weighted by Gasteiger charge is -2.40. The fourth-order valence-electron chi connectivity index (χ4n) is 4.89. The summed E-state index contributed by atoms with van der Waals surface area (Å²) in [5.74, 6) is -1.90. The van der Waals surface area contributed by atoms with E-state index >= 15 is 0 Å². The maximum absolute atomic E-state index is 14.5. The van der Waals surface area contributed by atoms with Crippen molar-refractivity contribution in [2.24, 2.45) is 5.41 Å². The van der Waals surface area contributed by atoms with Gasteiger partial charge in [0.05, 0.1) is 16.6 Å². The number of nitrogens with one attached hydrogen (secondary N) is 3. The molecule has 1 aromatic heterocycles. The Kier molecular flexibility index (Phi) is 5.18. The van der Waals surface area contributed by atoms with Crippen molar-refractivity contribution >= 4 is 22.7 Å². The minimum absolute atomic E-state index is 0.0239. The zero-order valence-electron chi connectivity index (χ0n) is 18.1. The molecule has 0 bridgehead atoms. The predicted molar refractivity (Wildman–Crippen MR) is 118 cm³/mol. The fourth-order valence-corrected chi connectivity index (χ4v) is 4.89. The van der Waals surface area contributed by atoms with Crippen LogP contribution in [0.5, 0.6) is 0 Å². The topological polar surface area (TPSA) is 74.0 Å². The highest BCUT2D eigenvalue weighted by molar-refractivity contribution is 5.92. The van der Waals surface area contributed by atoms with Crippen LogP contribution < -0.4 is 10.6 Å². The Hall–Kier alpha value is -3.29. The Morgan fingerprint density at radius 3 is 2.48 bits per heavy atom. The number of aromatic amines is 1. The van der Waals surface area contributed by atoms with Gasteiger partial charge >= 0.3 is 0 Å². The number of amides is 2. The van der Waals surface area contributed by atoms with Gasteiger partial charge in [0.25, 0.3) is 0 Å². The minimum Gasteiger partial charge on any atom is -0.355 e. The second-order valence-corrected chi connectivity index (χ2v) is 9.41. The largest absolute Gasteiger partial charge is 0.355 e. The maximum Gasteiger partial charge on any atom is 0.227 e. The molecule has 1 saturated heterocycles. The molecule has 0 spiro atoms. The summed E-state index contributed by atoms with van der Waals surface area (Å²) in [4.78, 5) is 27.4. The summed E-state index contributed by atoms with van der Waals surface area (Å²) in [5.41, 5.74) is 1.65. The lowest BCUT2D eigenvalue weighted by Crippen LogP contribution is -2.54. The monoisotopic (exact) mass is 455 g/mol. The van der Waals surface area contributed by atoms with Gasteiger partial charge in [-0.1, -0.05) is 0 Å². The molecule has 1 aliphatic carbocycles. The van der Waals surface area contributed by atoms with E-state index in [1.807, 2.05) is 6.92 Å². The summed E-state index contributed by atoms with van der Waals surface area (Å²) in [7, 11) is 0. The van der Waals surface area contributed by atoms with Crippen LogP contribution in [0.15, 0.2) is 36.4 Å². The van der Waals surface area contributed by atoms with Crippen LogP contribution in [0.1, 0.15) is 44.1 Å². The van der Waals surface area contributed by atoms with Crippen LogP contribution in [0.4, 0.5) is 13.2 Å². The predicted octanol–water partition coefficient (Wildman–Crippen LogP) is 4.53. The van der Waals surface area contributed by atoms with Gasteiger partial charge in [0.2, 0.25) is 11.8 Å². The van der Waals surface area contributed by atoms with E-state index in [2.05, 4.69) is 15.6 Å². The molecule has 5 rings (SSSR count). The third-order valence-corrected chi connectivity index (χ3v) is 7.01. The van der Waals surface area contributed by atoms with E-state index < -0.39 is 17.0 Å². The Bertz CT molecular complexity index is 1240. The summed E-state index contributed by atoms with van der Waals surface area (Å²) in [6, 6.07) is 7.95. The number of rotatable bonds is 4. The number of benzene rings is 2. The number of carbonyl (C=O) groups is 2. The summed E-state index contributed by atoms with van der Waals surface area (Å²) < 4.78 is 42.0. The smallest absolute Gasteiger partial charge is 0.227 e. The molecule has 2 aliphatic rings. The average Bonchev–Trinajstić information content (AvgIpc) is 3.12. The number of hydrogen-bond acceptors (Lipinski definition) is 2. The zero-order valence-corrected chi connectivity index (χ0v) is 18.1. The van der Waals surface area contributed by atoms with Crippen molar-refractivity contribution in [2.75, 3.05) is 6.54 Å². The minimum atomic E-state index is -0.684. The average molecular weight is 455 g/mol. The van der Waals surface area contributed by atoms with Gasteiger partial charge in [0.1, 0.15) is 17.5 Å². The molecule has 1 atom stereocenters. The summed E-state index contributed by atoms with van der Waals surface area (Å²) >= 11 is 0. The molecule has 0 radical (unpaired) electrons. The van der Waals surface area contributed by atoms with Crippen LogP contribution in [-0.4, -0.2) is 29.4 Å². The van der Waals surface area contributed by atoms with Gasteiger partial charge in [-0.2, -0.15) is 0 Å². The maximum atomic E-state index is 14.5. The van der Waals surface area contributed by atoms with Crippen molar-refractivity contribution in [3.05, 3.63) is 59.4 Å². The first-order valence-corrected chi connectivity index (χ1v) is 11.1. The van der Waals surface area contributed by atoms with Gasteiger partial charge < -0.3 is 15.6 Å². The van der Waals surface area contributed by atoms with E-state index in [4.69, 9.17) is 0 Å². The first kappa shape index (κ1) is 21.6.